The van der Waals surface area contributed by atoms with Crippen LogP contribution in [-0.4, -0.2) is 101 Å². The quantitative estimate of drug-likeness (QED) is 0.134. The zero-order valence-corrected chi connectivity index (χ0v) is 32.1. The summed E-state index contributed by atoms with van der Waals surface area (Å²) in [6.45, 7) is 0.193. The number of rotatable bonds is 18. The molecular weight excluding hydrogens is 779 g/mol. The number of carbonyl (C=O) groups excluding carboxylic acids is 2. The number of sulfonamides is 1. The SMILES string of the molecule is COc1ccc(C(=O)SCC(=O)O[C@@H](Cc2c(Cl)cncc2Cl)c2ccc(OC(F)F)c(OCC3CC3)c2)cc1N(CCN1CCOCC1)S(C)(=O)=O. The van der Waals surface area contributed by atoms with Crippen LogP contribution < -0.4 is 18.5 Å². The van der Waals surface area contributed by atoms with E-state index in [1.165, 1.54) is 60.2 Å². The van der Waals surface area contributed by atoms with E-state index < -0.39 is 39.6 Å². The summed E-state index contributed by atoms with van der Waals surface area (Å²) in [4.78, 5) is 32.8. The van der Waals surface area contributed by atoms with Crippen LogP contribution >= 0.6 is 35.0 Å². The molecule has 1 saturated heterocycles. The Hall–Kier alpha value is -3.41. The van der Waals surface area contributed by atoms with Crippen LogP contribution in [0.5, 0.6) is 17.2 Å². The number of thioether (sulfide) groups is 1. The van der Waals surface area contributed by atoms with E-state index in [-0.39, 0.29) is 51.5 Å². The van der Waals surface area contributed by atoms with Gasteiger partial charge in [-0.15, -0.1) is 0 Å². The summed E-state index contributed by atoms with van der Waals surface area (Å²) in [7, 11) is -2.38. The van der Waals surface area contributed by atoms with Crippen LogP contribution in [0.15, 0.2) is 48.8 Å². The first kappa shape index (κ1) is 40.8. The smallest absolute Gasteiger partial charge is 0.387 e. The molecule has 0 spiro atoms. The summed E-state index contributed by atoms with van der Waals surface area (Å²) in [6.07, 6.45) is 4.71. The van der Waals surface area contributed by atoms with Crippen LogP contribution in [0.2, 0.25) is 10.0 Å². The van der Waals surface area contributed by atoms with E-state index in [9.17, 15) is 26.8 Å². The number of benzene rings is 2. The highest BCUT2D eigenvalue weighted by Crippen LogP contribution is 2.38. The van der Waals surface area contributed by atoms with E-state index in [0.717, 1.165) is 19.1 Å². The second-order valence-electron chi connectivity index (χ2n) is 12.4. The first-order valence-electron chi connectivity index (χ1n) is 16.6. The molecular formula is C35H39Cl2F2N3O9S2. The number of hydrogen-bond donors (Lipinski definition) is 0. The summed E-state index contributed by atoms with van der Waals surface area (Å²) < 4.78 is 80.6. The number of esters is 1. The van der Waals surface area contributed by atoms with Gasteiger partial charge >= 0.3 is 12.6 Å². The van der Waals surface area contributed by atoms with Gasteiger partial charge in [0.15, 0.2) is 11.5 Å². The molecule has 1 aliphatic carbocycles. The predicted octanol–water partition coefficient (Wildman–Crippen LogP) is 6.29. The van der Waals surface area contributed by atoms with Crippen molar-refractivity contribution in [2.24, 2.45) is 5.92 Å². The lowest BCUT2D eigenvalue weighted by Crippen LogP contribution is -2.43. The molecule has 0 N–H and O–H groups in total. The summed E-state index contributed by atoms with van der Waals surface area (Å²) >= 11 is 13.5. The van der Waals surface area contributed by atoms with Crippen molar-refractivity contribution in [3.63, 3.8) is 0 Å². The van der Waals surface area contributed by atoms with Gasteiger partial charge in [-0.05, 0) is 60.2 Å². The highest BCUT2D eigenvalue weighted by Gasteiger charge is 2.28. The first-order chi connectivity index (χ1) is 25.3. The monoisotopic (exact) mass is 817 g/mol. The Morgan fingerprint density at radius 2 is 1.75 bits per heavy atom. The number of morpholine rings is 1. The number of halogens is 4. The average Bonchev–Trinajstić information content (AvgIpc) is 3.96. The van der Waals surface area contributed by atoms with Crippen molar-refractivity contribution in [2.45, 2.75) is 32.0 Å². The van der Waals surface area contributed by atoms with Crippen molar-refractivity contribution < 1.29 is 50.5 Å². The molecule has 5 rings (SSSR count). The molecule has 288 valence electrons. The second-order valence-corrected chi connectivity index (χ2v) is 16.0. The largest absolute Gasteiger partial charge is 0.495 e. The molecule has 2 aliphatic rings. The van der Waals surface area contributed by atoms with Gasteiger partial charge in [-0.3, -0.25) is 23.8 Å². The Balaban J connectivity index is 1.33. The molecule has 2 aromatic carbocycles. The second kappa shape index (κ2) is 18.8. The van der Waals surface area contributed by atoms with E-state index >= 15 is 0 Å². The molecule has 0 radical (unpaired) electrons. The molecule has 1 aliphatic heterocycles. The number of carbonyl (C=O) groups is 2. The van der Waals surface area contributed by atoms with Gasteiger partial charge in [0, 0.05) is 50.6 Å². The number of ether oxygens (including phenoxy) is 5. The number of hydrogen-bond acceptors (Lipinski definition) is 12. The maximum absolute atomic E-state index is 13.4. The molecule has 12 nitrogen and oxygen atoms in total. The van der Waals surface area contributed by atoms with Gasteiger partial charge in [-0.25, -0.2) is 8.42 Å². The van der Waals surface area contributed by atoms with Gasteiger partial charge in [-0.1, -0.05) is 41.0 Å². The van der Waals surface area contributed by atoms with E-state index in [1.807, 2.05) is 0 Å². The predicted molar refractivity (Wildman–Crippen MR) is 197 cm³/mol. The van der Waals surface area contributed by atoms with Gasteiger partial charge < -0.3 is 23.7 Å². The van der Waals surface area contributed by atoms with Crippen LogP contribution in [0.25, 0.3) is 0 Å². The molecule has 1 atom stereocenters. The van der Waals surface area contributed by atoms with E-state index in [4.69, 9.17) is 42.1 Å². The lowest BCUT2D eigenvalue weighted by molar-refractivity contribution is -0.146. The number of alkyl halides is 2. The minimum absolute atomic E-state index is 0.0186. The highest BCUT2D eigenvalue weighted by atomic mass is 35.5. The molecule has 1 saturated carbocycles. The Labute approximate surface area is 321 Å². The topological polar surface area (TPSA) is 134 Å². The Morgan fingerprint density at radius 1 is 1.06 bits per heavy atom. The van der Waals surface area contributed by atoms with Gasteiger partial charge in [0.1, 0.15) is 11.9 Å². The summed E-state index contributed by atoms with van der Waals surface area (Å²) in [5.41, 5.74) is 1.12. The molecule has 2 heterocycles. The molecule has 0 bridgehead atoms. The third-order valence-corrected chi connectivity index (χ3v) is 11.2. The van der Waals surface area contributed by atoms with Crippen molar-refractivity contribution in [1.82, 2.24) is 9.88 Å². The van der Waals surface area contributed by atoms with Crippen LogP contribution in [0.3, 0.4) is 0 Å². The maximum atomic E-state index is 13.4. The number of anilines is 1. The third kappa shape index (κ3) is 11.8. The average molecular weight is 819 g/mol. The Kier molecular flexibility index (Phi) is 14.4. The lowest BCUT2D eigenvalue weighted by Gasteiger charge is -2.30. The molecule has 53 heavy (non-hydrogen) atoms. The summed E-state index contributed by atoms with van der Waals surface area (Å²) in [5.74, 6) is -0.762. The fourth-order valence-electron chi connectivity index (χ4n) is 5.50. The van der Waals surface area contributed by atoms with Crippen molar-refractivity contribution in [3.8, 4) is 17.2 Å². The molecule has 2 fully saturated rings. The van der Waals surface area contributed by atoms with Gasteiger partial charge in [0.25, 0.3) is 0 Å². The van der Waals surface area contributed by atoms with Crippen LogP contribution in [-0.2, 0) is 30.7 Å². The van der Waals surface area contributed by atoms with Crippen molar-refractivity contribution in [1.29, 1.82) is 0 Å². The van der Waals surface area contributed by atoms with Crippen LogP contribution in [0.1, 0.15) is 40.4 Å². The zero-order chi connectivity index (χ0) is 38.1. The van der Waals surface area contributed by atoms with Crippen LogP contribution in [0, 0.1) is 5.92 Å². The van der Waals surface area contributed by atoms with E-state index in [2.05, 4.69) is 14.6 Å². The first-order valence-corrected chi connectivity index (χ1v) is 20.2. The van der Waals surface area contributed by atoms with Gasteiger partial charge in [-0.2, -0.15) is 8.78 Å². The molecule has 0 unspecified atom stereocenters. The minimum Gasteiger partial charge on any atom is -0.495 e. The summed E-state index contributed by atoms with van der Waals surface area (Å²) in [5, 5.41) is -0.0859. The molecule has 0 amide bonds. The van der Waals surface area contributed by atoms with E-state index in [1.54, 1.807) is 0 Å². The highest BCUT2D eigenvalue weighted by molar-refractivity contribution is 8.14. The van der Waals surface area contributed by atoms with Gasteiger partial charge in [0.2, 0.25) is 15.1 Å². The Morgan fingerprint density at radius 3 is 2.40 bits per heavy atom. The minimum atomic E-state index is -3.78. The Bertz CT molecular complexity index is 1850. The molecule has 3 aromatic rings. The van der Waals surface area contributed by atoms with E-state index in [0.29, 0.717) is 68.3 Å². The van der Waals surface area contributed by atoms with Gasteiger partial charge in [0.05, 0.1) is 54.7 Å². The standard InChI is InChI=1S/C35H39Cl2F2N3O9S2/c1-47-29-7-6-24(15-28(29)42(53(2,45)46)10-9-41-11-13-48-14-12-41)34(44)52-21-33(43)50-31(17-25-26(36)18-40-19-27(25)37)23-5-8-30(51-35(38)39)32(16-23)49-20-22-3-4-22/h5-8,15-16,18-19,22,31,35H,3-4,9-14,17,20-21H2,1-2H3/t31-/m0/s1. The third-order valence-electron chi connectivity index (χ3n) is 8.47. The number of aromatic nitrogens is 1. The molecule has 1 aromatic heterocycles. The zero-order valence-electron chi connectivity index (χ0n) is 29.0. The maximum Gasteiger partial charge on any atom is 0.387 e. The van der Waals surface area contributed by atoms with Crippen molar-refractivity contribution >= 4 is 61.8 Å². The van der Waals surface area contributed by atoms with Crippen molar-refractivity contribution in [2.75, 3.05) is 69.4 Å². The molecule has 18 heteroatoms. The number of nitrogens with zero attached hydrogens (tertiary/aromatic N) is 3. The fourth-order valence-corrected chi connectivity index (χ4v) is 7.55. The number of methoxy groups -OCH3 is 1. The summed E-state index contributed by atoms with van der Waals surface area (Å²) in [6, 6.07) is 8.63. The van der Waals surface area contributed by atoms with Crippen molar-refractivity contribution in [3.05, 3.63) is 75.5 Å². The van der Waals surface area contributed by atoms with Crippen LogP contribution in [0.4, 0.5) is 14.5 Å². The fraction of sp³-hybridized carbons (Fsp3) is 0.457. The normalized spacial score (nSPS) is 15.5. The lowest BCUT2D eigenvalue weighted by atomic mass is 10.0. The number of pyridine rings is 1.